The smallest absolute Gasteiger partial charge is 0.0812 e. The molecule has 4 heterocycles. The van der Waals surface area contributed by atoms with Crippen molar-refractivity contribution in [2.75, 3.05) is 0 Å². The minimum atomic E-state index is 0.910. The molecule has 0 atom stereocenters. The van der Waals surface area contributed by atoms with Gasteiger partial charge in [-0.05, 0) is 80.2 Å². The van der Waals surface area contributed by atoms with Crippen molar-refractivity contribution < 1.29 is 0 Å². The van der Waals surface area contributed by atoms with Gasteiger partial charge in [0, 0.05) is 45.4 Å². The Morgan fingerprint density at radius 2 is 0.854 bits per heavy atom. The summed E-state index contributed by atoms with van der Waals surface area (Å²) >= 11 is 3.20. The summed E-state index contributed by atoms with van der Waals surface area (Å²) in [6.45, 7) is 0. The molecule has 4 nitrogen and oxygen atoms in total. The Hall–Kier alpha value is -5.82. The molecule has 0 amide bonds. The first-order valence-corrected chi connectivity index (χ1v) is 17.5. The first-order chi connectivity index (χ1) is 23.8. The lowest BCUT2D eigenvalue weighted by Crippen LogP contribution is -1.95. The van der Waals surface area contributed by atoms with E-state index >= 15 is 0 Å². The van der Waals surface area contributed by atoms with Gasteiger partial charge in [-0.15, -0.1) is 22.7 Å². The van der Waals surface area contributed by atoms with Gasteiger partial charge in [0.05, 0.1) is 33.8 Å². The van der Waals surface area contributed by atoms with Gasteiger partial charge >= 0.3 is 0 Å². The molecule has 0 aliphatic rings. The molecule has 9 rings (SSSR count). The van der Waals surface area contributed by atoms with Gasteiger partial charge in [-0.1, -0.05) is 84.9 Å². The third-order valence-corrected chi connectivity index (χ3v) is 9.99. The van der Waals surface area contributed by atoms with E-state index in [-0.39, 0.29) is 0 Å². The fraction of sp³-hybridized carbons (Fsp3) is 0. The Labute approximate surface area is 285 Å². The second-order valence-corrected chi connectivity index (χ2v) is 13.0. The molecule has 0 saturated carbocycles. The molecular formula is C42H26N4S2. The summed E-state index contributed by atoms with van der Waals surface area (Å²) in [5.74, 6) is 0. The highest BCUT2D eigenvalue weighted by atomic mass is 32.1. The summed E-state index contributed by atoms with van der Waals surface area (Å²) in [6, 6.07) is 43.1. The zero-order valence-corrected chi connectivity index (χ0v) is 27.2. The Morgan fingerprint density at radius 1 is 0.333 bits per heavy atom. The largest absolute Gasteiger partial charge is 0.256 e. The highest BCUT2D eigenvalue weighted by Gasteiger charge is 2.20. The van der Waals surface area contributed by atoms with Crippen LogP contribution in [0.3, 0.4) is 0 Å². The number of hydrogen-bond donors (Lipinski definition) is 0. The summed E-state index contributed by atoms with van der Waals surface area (Å²) in [7, 11) is 0. The average Bonchev–Trinajstić information content (AvgIpc) is 3.90. The lowest BCUT2D eigenvalue weighted by Gasteiger charge is -2.18. The van der Waals surface area contributed by atoms with E-state index in [9.17, 15) is 0 Å². The highest BCUT2D eigenvalue weighted by Crippen LogP contribution is 2.45. The van der Waals surface area contributed by atoms with E-state index in [1.165, 1.54) is 11.1 Å². The van der Waals surface area contributed by atoms with Crippen molar-refractivity contribution in [2.45, 2.75) is 0 Å². The van der Waals surface area contributed by atoms with Crippen LogP contribution in [0.4, 0.5) is 0 Å². The second-order valence-electron chi connectivity index (χ2n) is 11.6. The minimum absolute atomic E-state index is 0.910. The molecule has 5 aromatic carbocycles. The summed E-state index contributed by atoms with van der Waals surface area (Å²) in [5, 5.41) is 8.65. The number of aromatic nitrogens is 4. The molecule has 6 heteroatoms. The molecule has 0 aliphatic carbocycles. The normalized spacial score (nSPS) is 11.3. The number of benzene rings is 5. The fourth-order valence-corrected chi connectivity index (χ4v) is 7.70. The van der Waals surface area contributed by atoms with Crippen molar-refractivity contribution in [2.24, 2.45) is 0 Å². The lowest BCUT2D eigenvalue weighted by molar-refractivity contribution is 1.31. The van der Waals surface area contributed by atoms with Crippen molar-refractivity contribution in [3.05, 3.63) is 156 Å². The topological polar surface area (TPSA) is 51.6 Å². The van der Waals surface area contributed by atoms with E-state index in [2.05, 4.69) is 130 Å². The fourth-order valence-electron chi connectivity index (χ4n) is 6.58. The van der Waals surface area contributed by atoms with Gasteiger partial charge in [-0.3, -0.25) is 9.97 Å². The number of hydrogen-bond acceptors (Lipinski definition) is 6. The summed E-state index contributed by atoms with van der Waals surface area (Å²) < 4.78 is 0. The highest BCUT2D eigenvalue weighted by molar-refractivity contribution is 7.08. The summed E-state index contributed by atoms with van der Waals surface area (Å²) in [6.07, 6.45) is 3.78. The number of thiazole rings is 2. The summed E-state index contributed by atoms with van der Waals surface area (Å²) in [5.41, 5.74) is 16.5. The molecule has 0 bridgehead atoms. The predicted octanol–water partition coefficient (Wildman–Crippen LogP) is 11.7. The van der Waals surface area contributed by atoms with Gasteiger partial charge in [-0.25, -0.2) is 9.97 Å². The zero-order chi connectivity index (χ0) is 31.9. The Morgan fingerprint density at radius 3 is 1.46 bits per heavy atom. The third kappa shape index (κ3) is 5.08. The molecule has 9 aromatic rings. The predicted molar refractivity (Wildman–Crippen MR) is 201 cm³/mol. The van der Waals surface area contributed by atoms with E-state index in [1.54, 1.807) is 22.7 Å². The Kier molecular flexibility index (Phi) is 7.15. The SMILES string of the molecule is c1ccc(-c2cccc(-c3ccc4c(-c5cc(-c6cscn6)ccn5)c5ccccc5c(-c5cc(-c6cscn6)ccn5)c4c3)c2)cc1. The van der Waals surface area contributed by atoms with Crippen LogP contribution >= 0.6 is 22.7 Å². The average molecular weight is 651 g/mol. The third-order valence-electron chi connectivity index (χ3n) is 8.82. The molecule has 0 fully saturated rings. The Balaban J connectivity index is 1.33. The van der Waals surface area contributed by atoms with Crippen molar-refractivity contribution >= 4 is 44.2 Å². The molecule has 0 saturated heterocycles. The van der Waals surface area contributed by atoms with Gasteiger partial charge < -0.3 is 0 Å². The van der Waals surface area contributed by atoms with Gasteiger partial charge in [0.1, 0.15) is 0 Å². The Bertz CT molecular complexity index is 2560. The van der Waals surface area contributed by atoms with Crippen LogP contribution in [0.25, 0.3) is 88.8 Å². The van der Waals surface area contributed by atoms with E-state index in [4.69, 9.17) is 9.97 Å². The maximum Gasteiger partial charge on any atom is 0.0812 e. The zero-order valence-electron chi connectivity index (χ0n) is 25.6. The number of nitrogens with zero attached hydrogens (tertiary/aromatic N) is 4. The van der Waals surface area contributed by atoms with Crippen LogP contribution in [0.2, 0.25) is 0 Å². The van der Waals surface area contributed by atoms with Gasteiger partial charge in [-0.2, -0.15) is 0 Å². The lowest BCUT2D eigenvalue weighted by atomic mass is 9.86. The molecule has 0 N–H and O–H groups in total. The molecular weight excluding hydrogens is 625 g/mol. The van der Waals surface area contributed by atoms with Crippen LogP contribution in [0, 0.1) is 0 Å². The molecule has 0 radical (unpaired) electrons. The van der Waals surface area contributed by atoms with Crippen LogP contribution in [0.15, 0.2) is 156 Å². The standard InChI is InChI=1S/C42H26N4S2/c1-2-7-27(8-3-1)28-9-6-10-29(19-28)30-13-14-35-36(20-30)42(38-22-32(16-18-44-38)40-24-48-26-46-40)34-12-5-4-11-33(34)41(35)37-21-31(15-17-43-37)39-23-47-25-45-39/h1-26H. The first-order valence-electron chi connectivity index (χ1n) is 15.6. The van der Waals surface area contributed by atoms with Gasteiger partial charge in [0.25, 0.3) is 0 Å². The second kappa shape index (κ2) is 12.1. The van der Waals surface area contributed by atoms with Crippen molar-refractivity contribution in [1.29, 1.82) is 0 Å². The van der Waals surface area contributed by atoms with Crippen molar-refractivity contribution in [3.63, 3.8) is 0 Å². The maximum absolute atomic E-state index is 4.98. The van der Waals surface area contributed by atoms with E-state index in [0.29, 0.717) is 0 Å². The van der Waals surface area contributed by atoms with Crippen molar-refractivity contribution in [1.82, 2.24) is 19.9 Å². The number of fused-ring (bicyclic) bond motifs is 2. The van der Waals surface area contributed by atoms with Crippen LogP contribution in [-0.2, 0) is 0 Å². The molecule has 48 heavy (non-hydrogen) atoms. The van der Waals surface area contributed by atoms with Crippen LogP contribution in [0.5, 0.6) is 0 Å². The quantitative estimate of drug-likeness (QED) is 0.168. The number of pyridine rings is 2. The van der Waals surface area contributed by atoms with Gasteiger partial charge in [0.15, 0.2) is 0 Å². The monoisotopic (exact) mass is 650 g/mol. The molecule has 0 aliphatic heterocycles. The molecule has 0 unspecified atom stereocenters. The van der Waals surface area contributed by atoms with E-state index in [1.807, 2.05) is 35.5 Å². The summed E-state index contributed by atoms with van der Waals surface area (Å²) in [4.78, 5) is 19.1. The molecule has 0 spiro atoms. The maximum atomic E-state index is 4.98. The van der Waals surface area contributed by atoms with Gasteiger partial charge in [0.2, 0.25) is 0 Å². The van der Waals surface area contributed by atoms with Crippen LogP contribution < -0.4 is 0 Å². The minimum Gasteiger partial charge on any atom is -0.256 e. The van der Waals surface area contributed by atoms with Crippen molar-refractivity contribution in [3.8, 4) is 67.3 Å². The van der Waals surface area contributed by atoms with E-state index < -0.39 is 0 Å². The number of rotatable bonds is 6. The van der Waals surface area contributed by atoms with Crippen LogP contribution in [0.1, 0.15) is 0 Å². The molecule has 226 valence electrons. The molecule has 4 aromatic heterocycles. The first kappa shape index (κ1) is 28.4. The van der Waals surface area contributed by atoms with Crippen LogP contribution in [-0.4, -0.2) is 19.9 Å². The van der Waals surface area contributed by atoms with E-state index in [0.717, 1.165) is 77.7 Å².